The van der Waals surface area contributed by atoms with E-state index in [0.717, 1.165) is 11.3 Å². The molecule has 0 unspecified atom stereocenters. The number of benzene rings is 1. The van der Waals surface area contributed by atoms with Gasteiger partial charge in [-0.15, -0.1) is 0 Å². The highest BCUT2D eigenvalue weighted by Crippen LogP contribution is 2.08. The Morgan fingerprint density at radius 3 is 1.90 bits per heavy atom. The lowest BCUT2D eigenvalue weighted by molar-refractivity contribution is -0.116. The molecule has 120 valence electrons. The molecule has 0 atom stereocenters. The second-order valence-corrected chi connectivity index (χ2v) is 8.54. The summed E-state index contributed by atoms with van der Waals surface area (Å²) >= 11 is 0. The lowest BCUT2D eigenvalue weighted by atomic mass is 10.2. The highest BCUT2D eigenvalue weighted by atomic mass is 32.2. The summed E-state index contributed by atoms with van der Waals surface area (Å²) < 4.78 is 31.2. The van der Waals surface area contributed by atoms with E-state index < -0.39 is 10.1 Å². The van der Waals surface area contributed by atoms with Gasteiger partial charge in [-0.3, -0.25) is 4.79 Å². The normalized spacial score (nSPS) is 11.0. The first kappa shape index (κ1) is 20.1. The lowest BCUT2D eigenvalue weighted by Crippen LogP contribution is -2.19. The second kappa shape index (κ2) is 9.97. The summed E-state index contributed by atoms with van der Waals surface area (Å²) in [4.78, 5) is 10.8. The molecule has 0 saturated carbocycles. The quantitative estimate of drug-likeness (QED) is 0.592. The van der Waals surface area contributed by atoms with Gasteiger partial charge in [0.15, 0.2) is 11.5 Å². The van der Waals surface area contributed by atoms with Crippen LogP contribution in [0.2, 0.25) is 0 Å². The van der Waals surface area contributed by atoms with Gasteiger partial charge in [-0.1, -0.05) is 24.6 Å². The molecular weight excluding hydrogens is 308 g/mol. The van der Waals surface area contributed by atoms with Gasteiger partial charge in [0, 0.05) is 6.42 Å². The molecule has 0 spiro atoms. The first-order valence-corrected chi connectivity index (χ1v) is 10.1. The third-order valence-electron chi connectivity index (χ3n) is 2.89. The molecule has 0 aliphatic heterocycles. The summed E-state index contributed by atoms with van der Waals surface area (Å²) in [6, 6.07) is 5.78. The monoisotopic (exact) mass is 332 g/mol. The molecule has 1 rings (SSSR count). The van der Waals surface area contributed by atoms with Gasteiger partial charge in [0.2, 0.25) is 0 Å². The molecule has 0 radical (unpaired) electrons. The average molecular weight is 332 g/mol. The Labute approximate surface area is 131 Å². The minimum atomic E-state index is -4.27. The van der Waals surface area contributed by atoms with Crippen molar-refractivity contribution >= 4 is 26.8 Å². The van der Waals surface area contributed by atoms with Crippen molar-refractivity contribution in [2.75, 3.05) is 17.3 Å². The predicted molar refractivity (Wildman–Crippen MR) is 87.8 cm³/mol. The molecule has 1 aromatic rings. The molecule has 4 nitrogen and oxygen atoms in total. The van der Waals surface area contributed by atoms with Crippen LogP contribution in [0.3, 0.4) is 0 Å². The van der Waals surface area contributed by atoms with Crippen molar-refractivity contribution in [3.8, 4) is 0 Å². The SMILES string of the molecule is CCC(=O)C[S+](CC)CC.Cc1ccc(S(=O)(=O)[O-])cc1. The van der Waals surface area contributed by atoms with E-state index in [9.17, 15) is 17.8 Å². The van der Waals surface area contributed by atoms with Gasteiger partial charge in [-0.05, 0) is 43.8 Å². The van der Waals surface area contributed by atoms with Gasteiger partial charge >= 0.3 is 0 Å². The van der Waals surface area contributed by atoms with Crippen molar-refractivity contribution in [2.45, 2.75) is 39.0 Å². The minimum Gasteiger partial charge on any atom is -0.744 e. The van der Waals surface area contributed by atoms with Crippen LogP contribution in [0.25, 0.3) is 0 Å². The van der Waals surface area contributed by atoms with Crippen LogP contribution in [-0.4, -0.2) is 36.0 Å². The van der Waals surface area contributed by atoms with Crippen LogP contribution >= 0.6 is 0 Å². The molecule has 1 aromatic carbocycles. The zero-order valence-corrected chi connectivity index (χ0v) is 14.7. The van der Waals surface area contributed by atoms with Crippen LogP contribution < -0.4 is 0 Å². The Morgan fingerprint density at radius 2 is 1.57 bits per heavy atom. The number of Topliss-reactive ketones (excluding diaryl/α,β-unsaturated/α-hetero) is 1. The number of carbonyl (C=O) groups is 1. The van der Waals surface area contributed by atoms with Gasteiger partial charge in [0.25, 0.3) is 0 Å². The number of hydrogen-bond acceptors (Lipinski definition) is 4. The fraction of sp³-hybridized carbons (Fsp3) is 0.533. The van der Waals surface area contributed by atoms with E-state index in [1.54, 1.807) is 12.1 Å². The fourth-order valence-electron chi connectivity index (χ4n) is 1.44. The number of rotatable bonds is 6. The molecule has 0 bridgehead atoms. The van der Waals surface area contributed by atoms with E-state index in [-0.39, 0.29) is 4.90 Å². The summed E-state index contributed by atoms with van der Waals surface area (Å²) in [5.41, 5.74) is 0.928. The van der Waals surface area contributed by atoms with Crippen molar-refractivity contribution in [1.29, 1.82) is 0 Å². The molecule has 6 heteroatoms. The third kappa shape index (κ3) is 8.90. The standard InChI is InChI=1S/C8H17OS.C7H8O3S/c1-4-8(9)7-10(5-2)6-3;1-6-2-4-7(5-3-6)11(8,9)10/h4-7H2,1-3H3;2-5H,1H3,(H,8,9,10)/q+1;/p-1. The van der Waals surface area contributed by atoms with Crippen LogP contribution in [0.4, 0.5) is 0 Å². The number of hydrogen-bond donors (Lipinski definition) is 0. The molecule has 0 aromatic heterocycles. The lowest BCUT2D eigenvalue weighted by Gasteiger charge is -2.05. The average Bonchev–Trinajstić information content (AvgIpc) is 2.44. The number of ketones is 1. The molecular formula is C15H24O4S2. The van der Waals surface area contributed by atoms with Gasteiger partial charge < -0.3 is 4.55 Å². The Balaban J connectivity index is 0.000000384. The van der Waals surface area contributed by atoms with Crippen molar-refractivity contribution in [3.63, 3.8) is 0 Å². The van der Waals surface area contributed by atoms with Gasteiger partial charge in [-0.2, -0.15) is 0 Å². The van der Waals surface area contributed by atoms with Crippen LogP contribution in [0.15, 0.2) is 29.2 Å². The number of aryl methyl sites for hydroxylation is 1. The first-order valence-electron chi connectivity index (χ1n) is 6.92. The maximum atomic E-state index is 10.9. The molecule has 0 saturated heterocycles. The molecule has 0 fully saturated rings. The maximum Gasteiger partial charge on any atom is 0.181 e. The largest absolute Gasteiger partial charge is 0.744 e. The predicted octanol–water partition coefficient (Wildman–Crippen LogP) is 2.52. The molecule has 0 aliphatic carbocycles. The summed E-state index contributed by atoms with van der Waals surface area (Å²) in [6.07, 6.45) is 0.712. The Bertz CT molecular complexity index is 517. The van der Waals surface area contributed by atoms with Gasteiger partial charge in [-0.25, -0.2) is 8.42 Å². The van der Waals surface area contributed by atoms with E-state index >= 15 is 0 Å². The van der Waals surface area contributed by atoms with Gasteiger partial charge in [0.05, 0.1) is 4.90 Å². The zero-order valence-electron chi connectivity index (χ0n) is 13.1. The van der Waals surface area contributed by atoms with Crippen molar-refractivity contribution in [3.05, 3.63) is 29.8 Å². The molecule has 0 amide bonds. The molecule has 0 aliphatic rings. The summed E-state index contributed by atoms with van der Waals surface area (Å²) in [7, 11) is -3.89. The fourth-order valence-corrected chi connectivity index (χ4v) is 3.39. The van der Waals surface area contributed by atoms with Crippen LogP contribution in [0, 0.1) is 6.92 Å². The molecule has 21 heavy (non-hydrogen) atoms. The van der Waals surface area contributed by atoms with E-state index in [0.29, 0.717) is 23.1 Å². The smallest absolute Gasteiger partial charge is 0.181 e. The first-order chi connectivity index (χ1) is 9.74. The number of carbonyl (C=O) groups excluding carboxylic acids is 1. The molecule has 0 N–H and O–H groups in total. The van der Waals surface area contributed by atoms with Crippen molar-refractivity contribution in [2.24, 2.45) is 0 Å². The van der Waals surface area contributed by atoms with Crippen LogP contribution in [0.1, 0.15) is 32.8 Å². The zero-order chi connectivity index (χ0) is 16.5. The highest BCUT2D eigenvalue weighted by Gasteiger charge is 2.15. The van der Waals surface area contributed by atoms with Gasteiger partial charge in [0.1, 0.15) is 21.6 Å². The molecule has 0 heterocycles. The van der Waals surface area contributed by atoms with Crippen molar-refractivity contribution < 1.29 is 17.8 Å². The van der Waals surface area contributed by atoms with E-state index in [4.69, 9.17) is 0 Å². The van der Waals surface area contributed by atoms with E-state index in [1.165, 1.54) is 23.6 Å². The van der Waals surface area contributed by atoms with Crippen LogP contribution in [0.5, 0.6) is 0 Å². The van der Waals surface area contributed by atoms with E-state index in [2.05, 4.69) is 13.8 Å². The third-order valence-corrected chi connectivity index (χ3v) is 6.10. The Kier molecular flexibility index (Phi) is 9.57. The summed E-state index contributed by atoms with van der Waals surface area (Å²) in [5, 5.41) is 0. The minimum absolute atomic E-state index is 0.178. The summed E-state index contributed by atoms with van der Waals surface area (Å²) in [6.45, 7) is 8.08. The Morgan fingerprint density at radius 1 is 1.10 bits per heavy atom. The topological polar surface area (TPSA) is 74.3 Å². The highest BCUT2D eigenvalue weighted by molar-refractivity contribution is 7.97. The van der Waals surface area contributed by atoms with Crippen LogP contribution in [-0.2, 0) is 25.8 Å². The second-order valence-electron chi connectivity index (χ2n) is 4.49. The summed E-state index contributed by atoms with van der Waals surface area (Å²) in [5.74, 6) is 3.58. The Hall–Kier alpha value is -0.850. The van der Waals surface area contributed by atoms with Crippen molar-refractivity contribution in [1.82, 2.24) is 0 Å². The maximum absolute atomic E-state index is 10.9. The van der Waals surface area contributed by atoms with E-state index in [1.807, 2.05) is 13.8 Å².